The van der Waals surface area contributed by atoms with Gasteiger partial charge < -0.3 is 4.90 Å². The summed E-state index contributed by atoms with van der Waals surface area (Å²) in [6, 6.07) is 11.7. The van der Waals surface area contributed by atoms with Gasteiger partial charge in [-0.3, -0.25) is 0 Å². The van der Waals surface area contributed by atoms with Crippen LogP contribution in [0.2, 0.25) is 0 Å². The fourth-order valence-corrected chi connectivity index (χ4v) is 4.89. The lowest BCUT2D eigenvalue weighted by Crippen LogP contribution is -2.48. The molecule has 0 bridgehead atoms. The van der Waals surface area contributed by atoms with E-state index in [1.807, 2.05) is 4.90 Å². The molecule has 0 radical (unpaired) electrons. The maximum Gasteiger partial charge on any atom is 0.243 e. The van der Waals surface area contributed by atoms with Crippen LogP contribution in [0.1, 0.15) is 5.56 Å². The van der Waals surface area contributed by atoms with Crippen molar-refractivity contribution < 1.29 is 17.2 Å². The van der Waals surface area contributed by atoms with Crippen LogP contribution in [-0.4, -0.2) is 48.9 Å². The Morgan fingerprint density at radius 1 is 0.900 bits per heavy atom. The summed E-state index contributed by atoms with van der Waals surface area (Å²) in [5.74, 6) is -0.0693. The first-order valence-corrected chi connectivity index (χ1v) is 10.9. The summed E-state index contributed by atoms with van der Waals surface area (Å²) in [7, 11) is -3.69. The fourth-order valence-electron chi connectivity index (χ4n) is 3.38. The van der Waals surface area contributed by atoms with Crippen LogP contribution in [0, 0.1) is 18.6 Å². The third-order valence-electron chi connectivity index (χ3n) is 5.12. The smallest absolute Gasteiger partial charge is 0.243 e. The van der Waals surface area contributed by atoms with Gasteiger partial charge in [-0.05, 0) is 55.0 Å². The van der Waals surface area contributed by atoms with Gasteiger partial charge in [-0.25, -0.2) is 27.2 Å². The van der Waals surface area contributed by atoms with Crippen LogP contribution in [-0.2, 0) is 10.0 Å². The van der Waals surface area contributed by atoms with Gasteiger partial charge in [0.2, 0.25) is 10.0 Å². The number of hydrogen-bond donors (Lipinski definition) is 0. The van der Waals surface area contributed by atoms with Gasteiger partial charge in [0, 0.05) is 37.8 Å². The lowest BCUT2D eigenvalue weighted by Gasteiger charge is -2.34. The molecule has 1 fully saturated rings. The predicted octanol–water partition coefficient (Wildman–Crippen LogP) is 3.24. The number of hydrogen-bond acceptors (Lipinski definition) is 5. The highest BCUT2D eigenvalue weighted by Gasteiger charge is 2.29. The van der Waals surface area contributed by atoms with E-state index in [4.69, 9.17) is 0 Å². The minimum absolute atomic E-state index is 0.0930. The highest BCUT2D eigenvalue weighted by Crippen LogP contribution is 2.24. The van der Waals surface area contributed by atoms with Gasteiger partial charge in [-0.2, -0.15) is 4.31 Å². The van der Waals surface area contributed by atoms with E-state index in [0.29, 0.717) is 30.2 Å². The van der Waals surface area contributed by atoms with E-state index in [1.165, 1.54) is 41.0 Å². The second-order valence-corrected chi connectivity index (χ2v) is 9.01. The standard InChI is InChI=1S/C21H20F2N4O2S/c1-15-12-18(6-7-19(15)23)30(28,29)27-10-8-26(9-11-27)21-13-20(24-14-25-21)16-2-4-17(22)5-3-16/h2-7,12-14H,8-11H2,1H3. The molecular formula is C21H20F2N4O2S. The summed E-state index contributed by atoms with van der Waals surface area (Å²) < 4.78 is 53.8. The molecule has 0 atom stereocenters. The zero-order chi connectivity index (χ0) is 21.3. The van der Waals surface area contributed by atoms with Crippen LogP contribution >= 0.6 is 0 Å². The Morgan fingerprint density at radius 3 is 2.27 bits per heavy atom. The van der Waals surface area contributed by atoms with Crippen molar-refractivity contribution in [3.05, 3.63) is 72.1 Å². The van der Waals surface area contributed by atoms with Crippen molar-refractivity contribution >= 4 is 15.8 Å². The van der Waals surface area contributed by atoms with Crippen molar-refractivity contribution in [3.8, 4) is 11.3 Å². The normalized spacial score (nSPS) is 15.4. The Kier molecular flexibility index (Phi) is 5.48. The quantitative estimate of drug-likeness (QED) is 0.636. The molecule has 2 aromatic carbocycles. The molecule has 1 aromatic heterocycles. The minimum atomic E-state index is -3.69. The highest BCUT2D eigenvalue weighted by molar-refractivity contribution is 7.89. The molecule has 4 rings (SSSR count). The maximum atomic E-state index is 13.5. The molecule has 0 unspecified atom stereocenters. The number of nitrogens with zero attached hydrogens (tertiary/aromatic N) is 4. The van der Waals surface area contributed by atoms with Crippen LogP contribution < -0.4 is 4.90 Å². The molecule has 9 heteroatoms. The molecule has 156 valence electrons. The second-order valence-electron chi connectivity index (χ2n) is 7.07. The predicted molar refractivity (Wildman–Crippen MR) is 110 cm³/mol. The topological polar surface area (TPSA) is 66.4 Å². The van der Waals surface area contributed by atoms with Gasteiger partial charge in [0.05, 0.1) is 10.6 Å². The number of anilines is 1. The highest BCUT2D eigenvalue weighted by atomic mass is 32.2. The monoisotopic (exact) mass is 430 g/mol. The first-order chi connectivity index (χ1) is 14.3. The zero-order valence-corrected chi connectivity index (χ0v) is 17.1. The summed E-state index contributed by atoms with van der Waals surface area (Å²) in [4.78, 5) is 10.6. The van der Waals surface area contributed by atoms with Crippen LogP contribution in [0.15, 0.2) is 59.8 Å². The summed E-state index contributed by atoms with van der Waals surface area (Å²) in [5, 5.41) is 0. The van der Waals surface area contributed by atoms with Gasteiger partial charge in [0.25, 0.3) is 0 Å². The van der Waals surface area contributed by atoms with Crippen molar-refractivity contribution in [1.82, 2.24) is 14.3 Å². The third-order valence-corrected chi connectivity index (χ3v) is 7.02. The Labute approximate surface area is 173 Å². The molecular weight excluding hydrogens is 410 g/mol. The fraction of sp³-hybridized carbons (Fsp3) is 0.238. The summed E-state index contributed by atoms with van der Waals surface area (Å²) in [6.45, 7) is 3.03. The van der Waals surface area contributed by atoms with Crippen LogP contribution in [0.4, 0.5) is 14.6 Å². The van der Waals surface area contributed by atoms with E-state index in [0.717, 1.165) is 5.56 Å². The van der Waals surface area contributed by atoms with E-state index in [2.05, 4.69) is 9.97 Å². The number of rotatable bonds is 4. The molecule has 30 heavy (non-hydrogen) atoms. The molecule has 2 heterocycles. The van der Waals surface area contributed by atoms with Crippen LogP contribution in [0.3, 0.4) is 0 Å². The van der Waals surface area contributed by atoms with Crippen molar-refractivity contribution in [2.45, 2.75) is 11.8 Å². The Bertz CT molecular complexity index is 1160. The number of halogens is 2. The summed E-state index contributed by atoms with van der Waals surface area (Å²) in [5.41, 5.74) is 1.73. The van der Waals surface area contributed by atoms with E-state index in [-0.39, 0.29) is 23.8 Å². The first kappa shape index (κ1) is 20.4. The minimum Gasteiger partial charge on any atom is -0.354 e. The molecule has 0 spiro atoms. The Balaban J connectivity index is 1.49. The van der Waals surface area contributed by atoms with Gasteiger partial charge in [0.1, 0.15) is 23.8 Å². The summed E-state index contributed by atoms with van der Waals surface area (Å²) >= 11 is 0. The average Bonchev–Trinajstić information content (AvgIpc) is 2.76. The largest absolute Gasteiger partial charge is 0.354 e. The van der Waals surface area contributed by atoms with Crippen molar-refractivity contribution in [2.75, 3.05) is 31.1 Å². The van der Waals surface area contributed by atoms with Gasteiger partial charge >= 0.3 is 0 Å². The first-order valence-electron chi connectivity index (χ1n) is 9.44. The number of aromatic nitrogens is 2. The van der Waals surface area contributed by atoms with Crippen LogP contribution in [0.25, 0.3) is 11.3 Å². The van der Waals surface area contributed by atoms with Crippen molar-refractivity contribution in [3.63, 3.8) is 0 Å². The van der Waals surface area contributed by atoms with E-state index < -0.39 is 15.8 Å². The number of piperazine rings is 1. The lowest BCUT2D eigenvalue weighted by atomic mass is 10.1. The van der Waals surface area contributed by atoms with Crippen LogP contribution in [0.5, 0.6) is 0 Å². The number of aryl methyl sites for hydroxylation is 1. The SMILES string of the molecule is Cc1cc(S(=O)(=O)N2CCN(c3cc(-c4ccc(F)cc4)ncn3)CC2)ccc1F. The molecule has 0 amide bonds. The van der Waals surface area contributed by atoms with Crippen molar-refractivity contribution in [2.24, 2.45) is 0 Å². The molecule has 1 aliphatic heterocycles. The number of sulfonamides is 1. The Morgan fingerprint density at radius 2 is 1.60 bits per heavy atom. The number of benzene rings is 2. The van der Waals surface area contributed by atoms with Gasteiger partial charge in [0.15, 0.2) is 0 Å². The second kappa shape index (κ2) is 8.08. The van der Waals surface area contributed by atoms with E-state index in [9.17, 15) is 17.2 Å². The molecule has 0 N–H and O–H groups in total. The van der Waals surface area contributed by atoms with Crippen molar-refractivity contribution in [1.29, 1.82) is 0 Å². The van der Waals surface area contributed by atoms with E-state index >= 15 is 0 Å². The Hall–Kier alpha value is -2.91. The molecule has 1 saturated heterocycles. The third kappa shape index (κ3) is 4.03. The molecule has 3 aromatic rings. The zero-order valence-electron chi connectivity index (χ0n) is 16.3. The average molecular weight is 430 g/mol. The molecule has 0 saturated carbocycles. The molecule has 0 aliphatic carbocycles. The lowest BCUT2D eigenvalue weighted by molar-refractivity contribution is 0.383. The summed E-state index contributed by atoms with van der Waals surface area (Å²) in [6.07, 6.45) is 1.44. The molecule has 1 aliphatic rings. The maximum absolute atomic E-state index is 13.5. The van der Waals surface area contributed by atoms with Gasteiger partial charge in [-0.15, -0.1) is 0 Å². The molecule has 6 nitrogen and oxygen atoms in total. The van der Waals surface area contributed by atoms with E-state index in [1.54, 1.807) is 25.1 Å². The van der Waals surface area contributed by atoms with Gasteiger partial charge in [-0.1, -0.05) is 0 Å².